The summed E-state index contributed by atoms with van der Waals surface area (Å²) < 4.78 is 5.18. The lowest BCUT2D eigenvalue weighted by atomic mass is 10.1. The fraction of sp³-hybridized carbons (Fsp3) is 0.643. The summed E-state index contributed by atoms with van der Waals surface area (Å²) in [5.74, 6) is -0.0632. The normalized spacial score (nSPS) is 10.4. The molecule has 1 heterocycles. The van der Waals surface area contributed by atoms with Crippen molar-refractivity contribution in [1.29, 1.82) is 0 Å². The van der Waals surface area contributed by atoms with E-state index in [1.807, 2.05) is 16.8 Å². The second-order valence-electron chi connectivity index (χ2n) is 4.31. The number of thiophene rings is 1. The second kappa shape index (κ2) is 9.23. The third-order valence-electron chi connectivity index (χ3n) is 2.71. The number of carbonyl (C=O) groups excluding carboxylic acids is 1. The number of carbonyl (C=O) groups is 1. The van der Waals surface area contributed by atoms with E-state index in [2.05, 4.69) is 6.92 Å². The van der Waals surface area contributed by atoms with Gasteiger partial charge in [0.05, 0.1) is 0 Å². The summed E-state index contributed by atoms with van der Waals surface area (Å²) in [6, 6.07) is 1.99. The summed E-state index contributed by atoms with van der Waals surface area (Å²) in [4.78, 5) is 11.4. The highest BCUT2D eigenvalue weighted by Crippen LogP contribution is 2.10. The number of hydrogen-bond acceptors (Lipinski definition) is 3. The van der Waals surface area contributed by atoms with Crippen LogP contribution in [0.5, 0.6) is 0 Å². The van der Waals surface area contributed by atoms with Gasteiger partial charge in [0.15, 0.2) is 0 Å². The lowest BCUT2D eigenvalue weighted by Crippen LogP contribution is -2.03. The van der Waals surface area contributed by atoms with E-state index in [4.69, 9.17) is 4.74 Å². The van der Waals surface area contributed by atoms with Crippen molar-refractivity contribution in [1.82, 2.24) is 0 Å². The molecule has 0 unspecified atom stereocenters. The molecule has 0 spiro atoms. The first-order valence-corrected chi connectivity index (χ1v) is 7.44. The molecule has 0 fully saturated rings. The molecule has 0 N–H and O–H groups in total. The van der Waals surface area contributed by atoms with Gasteiger partial charge >= 0.3 is 5.97 Å². The predicted octanol–water partition coefficient (Wildman–Crippen LogP) is 4.54. The molecule has 17 heavy (non-hydrogen) atoms. The second-order valence-corrected chi connectivity index (χ2v) is 5.09. The van der Waals surface area contributed by atoms with Gasteiger partial charge in [-0.3, -0.25) is 4.79 Å². The Morgan fingerprint density at radius 1 is 1.24 bits per heavy atom. The van der Waals surface area contributed by atoms with Crippen LogP contribution in [0.4, 0.5) is 0 Å². The molecule has 0 bridgehead atoms. The van der Waals surface area contributed by atoms with E-state index in [1.165, 1.54) is 25.7 Å². The van der Waals surface area contributed by atoms with Gasteiger partial charge in [-0.15, -0.1) is 0 Å². The van der Waals surface area contributed by atoms with Gasteiger partial charge in [0.1, 0.15) is 6.61 Å². The van der Waals surface area contributed by atoms with Crippen LogP contribution in [-0.4, -0.2) is 5.97 Å². The van der Waals surface area contributed by atoms with Crippen LogP contribution in [0.1, 0.15) is 57.4 Å². The average molecular weight is 254 g/mol. The van der Waals surface area contributed by atoms with Gasteiger partial charge in [0, 0.05) is 12.0 Å². The van der Waals surface area contributed by atoms with Crippen molar-refractivity contribution in [3.63, 3.8) is 0 Å². The number of rotatable bonds is 9. The van der Waals surface area contributed by atoms with Gasteiger partial charge in [-0.05, 0) is 23.2 Å². The summed E-state index contributed by atoms with van der Waals surface area (Å²) in [5.41, 5.74) is 1.09. The van der Waals surface area contributed by atoms with Crippen LogP contribution in [0.3, 0.4) is 0 Å². The maximum Gasteiger partial charge on any atom is 0.306 e. The SMILES string of the molecule is CCCCCCCCC(=O)OCc1ccsc1. The maximum atomic E-state index is 11.4. The Bertz CT molecular complexity index is 293. The number of hydrogen-bond donors (Lipinski definition) is 0. The average Bonchev–Trinajstić information content (AvgIpc) is 2.84. The van der Waals surface area contributed by atoms with Gasteiger partial charge in [0.25, 0.3) is 0 Å². The highest BCUT2D eigenvalue weighted by molar-refractivity contribution is 7.07. The predicted molar refractivity (Wildman–Crippen MR) is 72.1 cm³/mol. The van der Waals surface area contributed by atoms with Gasteiger partial charge in [0.2, 0.25) is 0 Å². The molecule has 0 atom stereocenters. The monoisotopic (exact) mass is 254 g/mol. The minimum absolute atomic E-state index is 0.0632. The molecule has 1 rings (SSSR count). The first-order valence-electron chi connectivity index (χ1n) is 6.49. The molecule has 0 saturated heterocycles. The van der Waals surface area contributed by atoms with E-state index < -0.39 is 0 Å². The van der Waals surface area contributed by atoms with E-state index in [0.717, 1.165) is 18.4 Å². The molecule has 0 amide bonds. The summed E-state index contributed by atoms with van der Waals surface area (Å²) in [6.07, 6.45) is 7.79. The first kappa shape index (κ1) is 14.2. The van der Waals surface area contributed by atoms with Gasteiger partial charge in [-0.1, -0.05) is 39.0 Å². The van der Waals surface area contributed by atoms with Crippen LogP contribution >= 0.6 is 11.3 Å². The van der Waals surface area contributed by atoms with Crippen LogP contribution in [0.2, 0.25) is 0 Å². The minimum Gasteiger partial charge on any atom is -0.461 e. The summed E-state index contributed by atoms with van der Waals surface area (Å²) in [6.45, 7) is 2.64. The van der Waals surface area contributed by atoms with E-state index >= 15 is 0 Å². The Hall–Kier alpha value is -0.830. The van der Waals surface area contributed by atoms with Crippen molar-refractivity contribution >= 4 is 17.3 Å². The van der Waals surface area contributed by atoms with Crippen LogP contribution in [0, 0.1) is 0 Å². The summed E-state index contributed by atoms with van der Waals surface area (Å²) in [7, 11) is 0. The number of ether oxygens (including phenoxy) is 1. The fourth-order valence-corrected chi connectivity index (χ4v) is 2.31. The topological polar surface area (TPSA) is 26.3 Å². The lowest BCUT2D eigenvalue weighted by molar-refractivity contribution is -0.145. The molecule has 2 nitrogen and oxygen atoms in total. The van der Waals surface area contributed by atoms with Crippen molar-refractivity contribution in [2.45, 2.75) is 58.5 Å². The molecule has 3 heteroatoms. The van der Waals surface area contributed by atoms with Crippen LogP contribution in [0.15, 0.2) is 16.8 Å². The van der Waals surface area contributed by atoms with Crippen molar-refractivity contribution in [3.8, 4) is 0 Å². The van der Waals surface area contributed by atoms with Crippen LogP contribution in [-0.2, 0) is 16.1 Å². The zero-order chi connectivity index (χ0) is 12.3. The summed E-state index contributed by atoms with van der Waals surface area (Å²) in [5, 5.41) is 4.01. The fourth-order valence-electron chi connectivity index (χ4n) is 1.66. The quantitative estimate of drug-likeness (QED) is 0.477. The van der Waals surface area contributed by atoms with E-state index in [0.29, 0.717) is 13.0 Å². The molecule has 0 aliphatic carbocycles. The summed E-state index contributed by atoms with van der Waals surface area (Å²) >= 11 is 1.63. The zero-order valence-corrected chi connectivity index (χ0v) is 11.4. The highest BCUT2D eigenvalue weighted by atomic mass is 32.1. The third kappa shape index (κ3) is 7.16. The molecule has 1 aromatic heterocycles. The van der Waals surface area contributed by atoms with Crippen molar-refractivity contribution in [2.75, 3.05) is 0 Å². The van der Waals surface area contributed by atoms with Crippen molar-refractivity contribution in [2.24, 2.45) is 0 Å². The molecule has 96 valence electrons. The Labute approximate surface area is 108 Å². The smallest absolute Gasteiger partial charge is 0.306 e. The van der Waals surface area contributed by atoms with Gasteiger partial charge < -0.3 is 4.74 Å². The van der Waals surface area contributed by atoms with Crippen LogP contribution in [0.25, 0.3) is 0 Å². The van der Waals surface area contributed by atoms with Crippen molar-refractivity contribution in [3.05, 3.63) is 22.4 Å². The first-order chi connectivity index (χ1) is 8.33. The molecule has 0 aliphatic heterocycles. The minimum atomic E-state index is -0.0632. The Balaban J connectivity index is 1.94. The van der Waals surface area contributed by atoms with E-state index in [9.17, 15) is 4.79 Å². The lowest BCUT2D eigenvalue weighted by Gasteiger charge is -2.03. The van der Waals surface area contributed by atoms with Crippen LogP contribution < -0.4 is 0 Å². The molecule has 0 saturated carbocycles. The Morgan fingerprint density at radius 3 is 2.71 bits per heavy atom. The Morgan fingerprint density at radius 2 is 2.00 bits per heavy atom. The van der Waals surface area contributed by atoms with E-state index in [-0.39, 0.29) is 5.97 Å². The Kier molecular flexibility index (Phi) is 7.72. The van der Waals surface area contributed by atoms with Crippen molar-refractivity contribution < 1.29 is 9.53 Å². The standard InChI is InChI=1S/C14H22O2S/c1-2-3-4-5-6-7-8-14(15)16-11-13-9-10-17-12-13/h9-10,12H,2-8,11H2,1H3. The highest BCUT2D eigenvalue weighted by Gasteiger charge is 2.03. The molecular formula is C14H22O2S. The zero-order valence-electron chi connectivity index (χ0n) is 10.6. The molecule has 0 aliphatic rings. The molecule has 0 radical (unpaired) electrons. The molecular weight excluding hydrogens is 232 g/mol. The van der Waals surface area contributed by atoms with Gasteiger partial charge in [-0.25, -0.2) is 0 Å². The molecule has 0 aromatic carbocycles. The molecule has 1 aromatic rings. The number of unbranched alkanes of at least 4 members (excludes halogenated alkanes) is 5. The maximum absolute atomic E-state index is 11.4. The largest absolute Gasteiger partial charge is 0.461 e. The number of esters is 1. The van der Waals surface area contributed by atoms with Gasteiger partial charge in [-0.2, -0.15) is 11.3 Å². The van der Waals surface area contributed by atoms with E-state index in [1.54, 1.807) is 11.3 Å². The third-order valence-corrected chi connectivity index (χ3v) is 3.45.